The first-order chi connectivity index (χ1) is 16.4. The number of anilines is 3. The van der Waals surface area contributed by atoms with Crippen LogP contribution in [0.4, 0.5) is 17.3 Å². The molecule has 10 nitrogen and oxygen atoms in total. The molecule has 1 heterocycles. The van der Waals surface area contributed by atoms with Crippen LogP contribution in [0.5, 0.6) is 0 Å². The van der Waals surface area contributed by atoms with Crippen molar-refractivity contribution in [2.45, 2.75) is 32.1 Å². The molecule has 0 unspecified atom stereocenters. The van der Waals surface area contributed by atoms with Crippen LogP contribution in [-0.4, -0.2) is 45.5 Å². The Balaban J connectivity index is 1.71. The molecule has 0 fully saturated rings. The molecule has 3 aromatic rings. The fourth-order valence-electron chi connectivity index (χ4n) is 3.30. The molecule has 0 bridgehead atoms. The van der Waals surface area contributed by atoms with Gasteiger partial charge in [-0.25, -0.2) is 31.5 Å². The molecule has 2 aromatic carbocycles. The van der Waals surface area contributed by atoms with Gasteiger partial charge in [-0.3, -0.25) is 9.10 Å². The zero-order chi connectivity index (χ0) is 25.8. The Labute approximate surface area is 205 Å². The highest BCUT2D eigenvalue weighted by Crippen LogP contribution is 2.20. The lowest BCUT2D eigenvalue weighted by atomic mass is 10.1. The maximum absolute atomic E-state index is 12.7. The molecule has 186 valence electrons. The van der Waals surface area contributed by atoms with Gasteiger partial charge in [0.05, 0.1) is 16.8 Å². The minimum Gasteiger partial charge on any atom is -0.325 e. The molecule has 0 aliphatic heterocycles. The standard InChI is InChI=1S/C23H27N5O5S2/c1-5-18-6-10-20(11-7-18)28(34(4,30)31)15-22(29)26-19-8-12-21(13-9-19)35(32,33)27-23-24-16(2)14-17(3)25-23/h6-14H,5,15H2,1-4H3,(H,26,29)(H,24,25,27). The fourth-order valence-corrected chi connectivity index (χ4v) is 5.10. The number of aromatic nitrogens is 2. The quantitative estimate of drug-likeness (QED) is 0.445. The van der Waals surface area contributed by atoms with Crippen LogP contribution in [-0.2, 0) is 31.3 Å². The molecule has 1 aromatic heterocycles. The number of aryl methyl sites for hydroxylation is 3. The number of rotatable bonds is 9. The van der Waals surface area contributed by atoms with Crippen molar-refractivity contribution in [2.75, 3.05) is 27.1 Å². The Bertz CT molecular complexity index is 1400. The number of nitrogens with zero attached hydrogens (tertiary/aromatic N) is 3. The molecule has 0 radical (unpaired) electrons. The Morgan fingerprint density at radius 2 is 1.49 bits per heavy atom. The summed E-state index contributed by atoms with van der Waals surface area (Å²) in [6.45, 7) is 5.01. The Morgan fingerprint density at radius 3 is 2.00 bits per heavy atom. The van der Waals surface area contributed by atoms with Crippen LogP contribution in [0.3, 0.4) is 0 Å². The van der Waals surface area contributed by atoms with Crippen LogP contribution < -0.4 is 14.3 Å². The van der Waals surface area contributed by atoms with Gasteiger partial charge >= 0.3 is 0 Å². The fraction of sp³-hybridized carbons (Fsp3) is 0.261. The SMILES string of the molecule is CCc1ccc(N(CC(=O)Nc2ccc(S(=O)(=O)Nc3nc(C)cc(C)n3)cc2)S(C)(=O)=O)cc1. The Kier molecular flexibility index (Phi) is 7.76. The van der Waals surface area contributed by atoms with E-state index in [0.717, 1.165) is 22.5 Å². The molecule has 2 N–H and O–H groups in total. The highest BCUT2D eigenvalue weighted by Gasteiger charge is 2.21. The van der Waals surface area contributed by atoms with Crippen LogP contribution in [0.25, 0.3) is 0 Å². The van der Waals surface area contributed by atoms with E-state index in [1.165, 1.54) is 24.3 Å². The maximum atomic E-state index is 12.7. The minimum atomic E-state index is -3.95. The van der Waals surface area contributed by atoms with E-state index in [-0.39, 0.29) is 10.8 Å². The van der Waals surface area contributed by atoms with Crippen molar-refractivity contribution in [2.24, 2.45) is 0 Å². The lowest BCUT2D eigenvalue weighted by molar-refractivity contribution is -0.114. The topological polar surface area (TPSA) is 138 Å². The molecular formula is C23H27N5O5S2. The number of sulfonamides is 2. The number of carbonyl (C=O) groups excluding carboxylic acids is 1. The third kappa shape index (κ3) is 6.99. The second-order valence-electron chi connectivity index (χ2n) is 7.94. The normalized spacial score (nSPS) is 11.7. The predicted octanol–water partition coefficient (Wildman–Crippen LogP) is 2.86. The van der Waals surface area contributed by atoms with Crippen molar-refractivity contribution in [3.63, 3.8) is 0 Å². The van der Waals surface area contributed by atoms with Crippen molar-refractivity contribution < 1.29 is 21.6 Å². The molecular weight excluding hydrogens is 490 g/mol. The van der Waals surface area contributed by atoms with Crippen molar-refractivity contribution in [3.8, 4) is 0 Å². The molecule has 0 saturated carbocycles. The number of carbonyl (C=O) groups is 1. The summed E-state index contributed by atoms with van der Waals surface area (Å²) >= 11 is 0. The van der Waals surface area contributed by atoms with Crippen LogP contribution in [0.1, 0.15) is 23.9 Å². The number of nitrogens with one attached hydrogen (secondary N) is 2. The van der Waals surface area contributed by atoms with Gasteiger partial charge in [0.25, 0.3) is 10.0 Å². The molecule has 0 aliphatic carbocycles. The summed E-state index contributed by atoms with van der Waals surface area (Å²) in [7, 11) is -7.66. The first-order valence-corrected chi connectivity index (χ1v) is 14.0. The van der Waals surface area contributed by atoms with E-state index < -0.39 is 32.5 Å². The van der Waals surface area contributed by atoms with Crippen molar-refractivity contribution in [3.05, 3.63) is 71.5 Å². The number of benzene rings is 2. The van der Waals surface area contributed by atoms with Gasteiger partial charge in [-0.1, -0.05) is 19.1 Å². The van der Waals surface area contributed by atoms with Gasteiger partial charge in [0.15, 0.2) is 0 Å². The molecule has 3 rings (SSSR count). The van der Waals surface area contributed by atoms with E-state index in [9.17, 15) is 21.6 Å². The van der Waals surface area contributed by atoms with E-state index in [1.807, 2.05) is 19.1 Å². The first kappa shape index (κ1) is 26.1. The average molecular weight is 518 g/mol. The van der Waals surface area contributed by atoms with Gasteiger partial charge in [0.1, 0.15) is 6.54 Å². The minimum absolute atomic E-state index is 0.0345. The smallest absolute Gasteiger partial charge is 0.264 e. The van der Waals surface area contributed by atoms with Gasteiger partial charge in [-0.2, -0.15) is 0 Å². The third-order valence-corrected chi connectivity index (χ3v) is 7.46. The average Bonchev–Trinajstić information content (AvgIpc) is 2.76. The van der Waals surface area contributed by atoms with Gasteiger partial charge in [0.2, 0.25) is 21.9 Å². The Morgan fingerprint density at radius 1 is 0.914 bits per heavy atom. The summed E-state index contributed by atoms with van der Waals surface area (Å²) in [5.41, 5.74) is 2.98. The number of hydrogen-bond acceptors (Lipinski definition) is 7. The van der Waals surface area contributed by atoms with E-state index in [1.54, 1.807) is 32.0 Å². The van der Waals surface area contributed by atoms with E-state index in [2.05, 4.69) is 20.0 Å². The van der Waals surface area contributed by atoms with Gasteiger partial charge in [0, 0.05) is 17.1 Å². The van der Waals surface area contributed by atoms with Gasteiger partial charge in [-0.05, 0) is 68.3 Å². The third-order valence-electron chi connectivity index (χ3n) is 4.98. The molecule has 0 spiro atoms. The van der Waals surface area contributed by atoms with Crippen LogP contribution in [0.2, 0.25) is 0 Å². The largest absolute Gasteiger partial charge is 0.325 e. The highest BCUT2D eigenvalue weighted by atomic mass is 32.2. The first-order valence-electron chi connectivity index (χ1n) is 10.7. The summed E-state index contributed by atoms with van der Waals surface area (Å²) in [5.74, 6) is -0.611. The van der Waals surface area contributed by atoms with E-state index in [4.69, 9.17) is 0 Å². The molecule has 0 aliphatic rings. The summed E-state index contributed by atoms with van der Waals surface area (Å²) in [4.78, 5) is 20.7. The molecule has 0 atom stereocenters. The van der Waals surface area contributed by atoms with Crippen molar-refractivity contribution in [1.29, 1.82) is 0 Å². The molecule has 1 amide bonds. The summed E-state index contributed by atoms with van der Waals surface area (Å²) in [6.07, 6.45) is 1.83. The monoisotopic (exact) mass is 517 g/mol. The zero-order valence-corrected chi connectivity index (χ0v) is 21.4. The Hall–Kier alpha value is -3.51. The molecule has 0 saturated heterocycles. The lowest BCUT2D eigenvalue weighted by Gasteiger charge is -2.22. The van der Waals surface area contributed by atoms with Crippen LogP contribution in [0, 0.1) is 13.8 Å². The predicted molar refractivity (Wildman–Crippen MR) is 135 cm³/mol. The van der Waals surface area contributed by atoms with Gasteiger partial charge in [-0.15, -0.1) is 0 Å². The maximum Gasteiger partial charge on any atom is 0.264 e. The van der Waals surface area contributed by atoms with E-state index in [0.29, 0.717) is 22.8 Å². The zero-order valence-electron chi connectivity index (χ0n) is 19.8. The molecule has 12 heteroatoms. The summed E-state index contributed by atoms with van der Waals surface area (Å²) in [5, 5.41) is 2.60. The summed E-state index contributed by atoms with van der Waals surface area (Å²) in [6, 6.07) is 14.1. The van der Waals surface area contributed by atoms with Crippen LogP contribution >= 0.6 is 0 Å². The number of amides is 1. The van der Waals surface area contributed by atoms with E-state index >= 15 is 0 Å². The molecule has 35 heavy (non-hydrogen) atoms. The van der Waals surface area contributed by atoms with Crippen LogP contribution in [0.15, 0.2) is 59.5 Å². The second kappa shape index (κ2) is 10.4. The number of hydrogen-bond donors (Lipinski definition) is 2. The van der Waals surface area contributed by atoms with Crippen molar-refractivity contribution >= 4 is 43.3 Å². The van der Waals surface area contributed by atoms with Crippen molar-refractivity contribution in [1.82, 2.24) is 9.97 Å². The lowest BCUT2D eigenvalue weighted by Crippen LogP contribution is -2.37. The highest BCUT2D eigenvalue weighted by molar-refractivity contribution is 7.92. The summed E-state index contributed by atoms with van der Waals surface area (Å²) < 4.78 is 53.2. The van der Waals surface area contributed by atoms with Gasteiger partial charge < -0.3 is 5.32 Å². The second-order valence-corrected chi connectivity index (χ2v) is 11.5.